The minimum absolute atomic E-state index is 0.0262. The summed E-state index contributed by atoms with van der Waals surface area (Å²) in [6.45, 7) is 2.12. The van der Waals surface area contributed by atoms with Gasteiger partial charge < -0.3 is 4.74 Å². The van der Waals surface area contributed by atoms with E-state index < -0.39 is 4.92 Å². The third-order valence-electron chi connectivity index (χ3n) is 1.98. The number of rotatable bonds is 5. The predicted molar refractivity (Wildman–Crippen MR) is 66.7 cm³/mol. The van der Waals surface area contributed by atoms with E-state index in [4.69, 9.17) is 16.3 Å². The lowest BCUT2D eigenvalue weighted by Gasteiger charge is -2.08. The summed E-state index contributed by atoms with van der Waals surface area (Å²) in [7, 11) is 0. The van der Waals surface area contributed by atoms with E-state index in [0.29, 0.717) is 22.9 Å². The highest BCUT2D eigenvalue weighted by molar-refractivity contribution is 9.09. The van der Waals surface area contributed by atoms with Gasteiger partial charge in [-0.15, -0.1) is 0 Å². The van der Waals surface area contributed by atoms with Crippen LogP contribution in [0.5, 0.6) is 5.75 Å². The Hall–Kier alpha value is -0.810. The fourth-order valence-electron chi connectivity index (χ4n) is 1.19. The molecule has 0 aliphatic carbocycles. The molecule has 0 heterocycles. The minimum atomic E-state index is -0.441. The summed E-state index contributed by atoms with van der Waals surface area (Å²) in [5.41, 5.74) is 0.557. The van der Waals surface area contributed by atoms with Gasteiger partial charge in [-0.25, -0.2) is 0 Å². The summed E-state index contributed by atoms with van der Waals surface area (Å²) in [5, 5.41) is 11.9. The number of nitro benzene ring substituents is 1. The van der Waals surface area contributed by atoms with Gasteiger partial charge in [-0.1, -0.05) is 27.5 Å². The zero-order valence-corrected chi connectivity index (χ0v) is 11.0. The van der Waals surface area contributed by atoms with Gasteiger partial charge in [-0.3, -0.25) is 10.1 Å². The molecule has 0 N–H and O–H groups in total. The first-order chi connectivity index (χ1) is 7.56. The van der Waals surface area contributed by atoms with E-state index >= 15 is 0 Å². The molecular weight excluding hydrogens is 297 g/mol. The maximum Gasteiger partial charge on any atom is 0.276 e. The average molecular weight is 309 g/mol. The number of aryl methyl sites for hydroxylation is 1. The third kappa shape index (κ3) is 3.35. The number of ether oxygens (including phenoxy) is 1. The van der Waals surface area contributed by atoms with Crippen LogP contribution in [0.25, 0.3) is 0 Å². The van der Waals surface area contributed by atoms with Crippen molar-refractivity contribution >= 4 is 33.2 Å². The van der Waals surface area contributed by atoms with Gasteiger partial charge in [-0.2, -0.15) is 0 Å². The zero-order chi connectivity index (χ0) is 12.1. The molecule has 1 rings (SSSR count). The summed E-state index contributed by atoms with van der Waals surface area (Å²) in [5.74, 6) is 0.361. The fraction of sp³-hybridized carbons (Fsp3) is 0.400. The molecule has 16 heavy (non-hydrogen) atoms. The lowest BCUT2D eigenvalue weighted by atomic mass is 10.2. The molecule has 0 fully saturated rings. The van der Waals surface area contributed by atoms with Crippen LogP contribution in [0.1, 0.15) is 12.0 Å². The summed E-state index contributed by atoms with van der Waals surface area (Å²) >= 11 is 9.20. The largest absolute Gasteiger partial charge is 0.492 e. The average Bonchev–Trinajstić information content (AvgIpc) is 2.21. The maximum atomic E-state index is 10.7. The second kappa shape index (κ2) is 6.06. The number of halogens is 2. The predicted octanol–water partition coefficient (Wildman–Crippen LogP) is 3.72. The Morgan fingerprint density at radius 2 is 2.25 bits per heavy atom. The Bertz CT molecular complexity index is 398. The molecule has 0 spiro atoms. The molecule has 4 nitrogen and oxygen atoms in total. The maximum absolute atomic E-state index is 10.7. The molecule has 0 aliphatic heterocycles. The molecule has 0 saturated heterocycles. The number of benzene rings is 1. The van der Waals surface area contributed by atoms with E-state index in [1.807, 2.05) is 0 Å². The van der Waals surface area contributed by atoms with E-state index in [2.05, 4.69) is 15.9 Å². The number of nitrogens with zero attached hydrogens (tertiary/aromatic N) is 1. The number of hydrogen-bond donors (Lipinski definition) is 0. The van der Waals surface area contributed by atoms with E-state index in [1.165, 1.54) is 6.07 Å². The van der Waals surface area contributed by atoms with Gasteiger partial charge in [0, 0.05) is 10.9 Å². The molecule has 0 radical (unpaired) electrons. The van der Waals surface area contributed by atoms with Gasteiger partial charge >= 0.3 is 0 Å². The Morgan fingerprint density at radius 1 is 1.56 bits per heavy atom. The van der Waals surface area contributed by atoms with Crippen molar-refractivity contribution in [2.24, 2.45) is 0 Å². The first kappa shape index (κ1) is 13.3. The first-order valence-electron chi connectivity index (χ1n) is 4.69. The molecule has 0 atom stereocenters. The summed E-state index contributed by atoms with van der Waals surface area (Å²) in [6, 6.07) is 2.91. The number of alkyl halides is 1. The Balaban J connectivity index is 2.91. The zero-order valence-electron chi connectivity index (χ0n) is 8.70. The van der Waals surface area contributed by atoms with Crippen molar-refractivity contribution < 1.29 is 9.66 Å². The number of nitro groups is 1. The Labute approximate surface area is 107 Å². The quantitative estimate of drug-likeness (QED) is 0.360. The van der Waals surface area contributed by atoms with Gasteiger partial charge in [-0.05, 0) is 19.4 Å². The van der Waals surface area contributed by atoms with Gasteiger partial charge in [0.1, 0.15) is 5.75 Å². The molecule has 0 amide bonds. The van der Waals surface area contributed by atoms with Crippen molar-refractivity contribution in [3.63, 3.8) is 0 Å². The second-order valence-corrected chi connectivity index (χ2v) is 4.42. The molecular formula is C10H11BrClNO3. The Morgan fingerprint density at radius 3 is 2.81 bits per heavy atom. The van der Waals surface area contributed by atoms with Gasteiger partial charge in [0.2, 0.25) is 0 Å². The molecule has 0 saturated carbocycles. The minimum Gasteiger partial charge on any atom is -0.492 e. The van der Waals surface area contributed by atoms with Crippen LogP contribution in [0.15, 0.2) is 12.1 Å². The standard InChI is InChI=1S/C10H11BrClNO3/c1-7-5-8(12)10(16-4-2-3-11)6-9(7)13(14)15/h5-6H,2-4H2,1H3. The van der Waals surface area contributed by atoms with Crippen molar-refractivity contribution in [1.29, 1.82) is 0 Å². The smallest absolute Gasteiger partial charge is 0.276 e. The third-order valence-corrected chi connectivity index (χ3v) is 2.84. The van der Waals surface area contributed by atoms with Crippen LogP contribution in [0.2, 0.25) is 5.02 Å². The highest BCUT2D eigenvalue weighted by Crippen LogP contribution is 2.32. The molecule has 0 bridgehead atoms. The second-order valence-electron chi connectivity index (χ2n) is 3.22. The molecule has 1 aromatic rings. The topological polar surface area (TPSA) is 52.4 Å². The van der Waals surface area contributed by atoms with Gasteiger partial charge in [0.05, 0.1) is 22.6 Å². The van der Waals surface area contributed by atoms with Crippen LogP contribution < -0.4 is 4.74 Å². The molecule has 0 aromatic heterocycles. The summed E-state index contributed by atoms with van der Waals surface area (Å²) in [4.78, 5) is 10.3. The van der Waals surface area contributed by atoms with E-state index in [9.17, 15) is 10.1 Å². The van der Waals surface area contributed by atoms with Crippen LogP contribution in [0.4, 0.5) is 5.69 Å². The van der Waals surface area contributed by atoms with Crippen molar-refractivity contribution in [1.82, 2.24) is 0 Å². The van der Waals surface area contributed by atoms with Crippen LogP contribution in [-0.2, 0) is 0 Å². The lowest BCUT2D eigenvalue weighted by molar-refractivity contribution is -0.385. The lowest BCUT2D eigenvalue weighted by Crippen LogP contribution is -2.00. The molecule has 88 valence electrons. The molecule has 0 aliphatic rings. The summed E-state index contributed by atoms with van der Waals surface area (Å²) < 4.78 is 5.36. The fourth-order valence-corrected chi connectivity index (χ4v) is 1.69. The molecule has 6 heteroatoms. The Kier molecular flexibility index (Phi) is 5.02. The van der Waals surface area contributed by atoms with Crippen LogP contribution in [-0.4, -0.2) is 16.9 Å². The van der Waals surface area contributed by atoms with Crippen molar-refractivity contribution in [3.05, 3.63) is 32.8 Å². The van der Waals surface area contributed by atoms with Gasteiger partial charge in [0.15, 0.2) is 0 Å². The van der Waals surface area contributed by atoms with Crippen molar-refractivity contribution in [2.75, 3.05) is 11.9 Å². The monoisotopic (exact) mass is 307 g/mol. The first-order valence-corrected chi connectivity index (χ1v) is 6.19. The number of hydrogen-bond acceptors (Lipinski definition) is 3. The van der Waals surface area contributed by atoms with E-state index in [-0.39, 0.29) is 5.69 Å². The highest BCUT2D eigenvalue weighted by Gasteiger charge is 2.15. The SMILES string of the molecule is Cc1cc(Cl)c(OCCCBr)cc1[N+](=O)[O-]. The van der Waals surface area contributed by atoms with E-state index in [0.717, 1.165) is 11.8 Å². The van der Waals surface area contributed by atoms with E-state index in [1.54, 1.807) is 13.0 Å². The highest BCUT2D eigenvalue weighted by atomic mass is 79.9. The van der Waals surface area contributed by atoms with Crippen molar-refractivity contribution in [3.8, 4) is 5.75 Å². The molecule has 1 aromatic carbocycles. The normalized spacial score (nSPS) is 10.2. The van der Waals surface area contributed by atoms with Crippen molar-refractivity contribution in [2.45, 2.75) is 13.3 Å². The summed E-state index contributed by atoms with van der Waals surface area (Å²) in [6.07, 6.45) is 0.817. The van der Waals surface area contributed by atoms with Gasteiger partial charge in [0.25, 0.3) is 5.69 Å². The molecule has 0 unspecified atom stereocenters. The van der Waals surface area contributed by atoms with Crippen LogP contribution in [0.3, 0.4) is 0 Å². The van der Waals surface area contributed by atoms with Crippen LogP contribution in [0, 0.1) is 17.0 Å². The van der Waals surface area contributed by atoms with Crippen LogP contribution >= 0.6 is 27.5 Å².